The maximum atomic E-state index is 12.8. The summed E-state index contributed by atoms with van der Waals surface area (Å²) in [4.78, 5) is 36.4. The zero-order chi connectivity index (χ0) is 22.7. The van der Waals surface area contributed by atoms with E-state index >= 15 is 0 Å². The fourth-order valence-corrected chi connectivity index (χ4v) is 2.62. The molecule has 0 amide bonds. The van der Waals surface area contributed by atoms with Crippen LogP contribution in [0.25, 0.3) is 0 Å². The second-order valence-corrected chi connectivity index (χ2v) is 8.44. The number of esters is 3. The minimum absolute atomic E-state index is 0. The molecule has 0 fully saturated rings. The van der Waals surface area contributed by atoms with Crippen LogP contribution in [0, 0.1) is 5.41 Å². The zero-order valence-corrected chi connectivity index (χ0v) is 19.0. The molecule has 0 spiro atoms. The van der Waals surface area contributed by atoms with Crippen LogP contribution in [0.1, 0.15) is 47.9 Å². The van der Waals surface area contributed by atoms with Crippen LogP contribution in [0.5, 0.6) is 0 Å². The van der Waals surface area contributed by atoms with E-state index < -0.39 is 52.4 Å². The van der Waals surface area contributed by atoms with E-state index in [1.807, 2.05) is 6.92 Å². The van der Waals surface area contributed by atoms with Gasteiger partial charge in [-0.25, -0.2) is 9.59 Å². The van der Waals surface area contributed by atoms with Gasteiger partial charge in [0, 0.05) is 11.1 Å². The molecule has 11 heteroatoms. The molecule has 0 aromatic heterocycles. The van der Waals surface area contributed by atoms with Gasteiger partial charge in [-0.15, -0.1) is 0 Å². The third-order valence-electron chi connectivity index (χ3n) is 3.88. The van der Waals surface area contributed by atoms with Crippen molar-refractivity contribution in [1.29, 1.82) is 0 Å². The Bertz CT molecular complexity index is 705. The van der Waals surface area contributed by atoms with Gasteiger partial charge in [-0.05, 0) is 26.7 Å². The molecular weight excluding hydrogens is 411 g/mol. The minimum atomic E-state index is -4.18. The predicted molar refractivity (Wildman–Crippen MR) is 107 cm³/mol. The van der Waals surface area contributed by atoms with Crippen molar-refractivity contribution in [2.75, 3.05) is 25.6 Å². The van der Waals surface area contributed by atoms with Crippen molar-refractivity contribution in [1.82, 2.24) is 0 Å². The number of rotatable bonds is 14. The molecular formula is C19H31LiO9S. The minimum Gasteiger partial charge on any atom is -1.00 e. The second kappa shape index (κ2) is 14.4. The second-order valence-electron chi connectivity index (χ2n) is 6.87. The maximum Gasteiger partial charge on any atom is 1.00 e. The third-order valence-corrected chi connectivity index (χ3v) is 4.68. The Balaban J connectivity index is -0.00000392. The first-order chi connectivity index (χ1) is 13.3. The smallest absolute Gasteiger partial charge is 1.00 e. The molecule has 0 aliphatic carbocycles. The van der Waals surface area contributed by atoms with Crippen molar-refractivity contribution in [3.63, 3.8) is 0 Å². The first-order valence-corrected chi connectivity index (χ1v) is 10.7. The Kier molecular flexibility index (Phi) is 14.7. The van der Waals surface area contributed by atoms with Crippen molar-refractivity contribution in [3.05, 3.63) is 24.3 Å². The van der Waals surface area contributed by atoms with Crippen LogP contribution in [0.15, 0.2) is 24.3 Å². The number of carbonyl (C=O) groups excluding carboxylic acids is 3. The van der Waals surface area contributed by atoms with Crippen LogP contribution >= 0.6 is 0 Å². The van der Waals surface area contributed by atoms with Gasteiger partial charge in [0.25, 0.3) is 10.1 Å². The van der Waals surface area contributed by atoms with Crippen molar-refractivity contribution >= 4 is 28.0 Å². The average Bonchev–Trinajstić information content (AvgIpc) is 2.63. The molecule has 0 saturated heterocycles. The molecule has 0 aromatic carbocycles. The Labute approximate surface area is 191 Å². The zero-order valence-electron chi connectivity index (χ0n) is 19.2. The van der Waals surface area contributed by atoms with E-state index in [9.17, 15) is 22.8 Å². The van der Waals surface area contributed by atoms with Crippen LogP contribution in [-0.2, 0) is 38.7 Å². The Morgan fingerprint density at radius 2 is 1.43 bits per heavy atom. The molecule has 0 bridgehead atoms. The van der Waals surface area contributed by atoms with Crippen LogP contribution < -0.4 is 18.9 Å². The fraction of sp³-hybridized carbons (Fsp3) is 0.632. The fourth-order valence-electron chi connectivity index (χ4n) is 2.13. The number of hydrogen-bond acceptors (Lipinski definition) is 8. The third kappa shape index (κ3) is 12.2. The summed E-state index contributed by atoms with van der Waals surface area (Å²) < 4.78 is 45.8. The predicted octanol–water partition coefficient (Wildman–Crippen LogP) is -0.661. The van der Waals surface area contributed by atoms with Crippen LogP contribution in [0.2, 0.25) is 0 Å². The summed E-state index contributed by atoms with van der Waals surface area (Å²) >= 11 is 0. The molecule has 0 saturated carbocycles. The molecule has 0 aliphatic heterocycles. The average molecular weight is 442 g/mol. The van der Waals surface area contributed by atoms with Gasteiger partial charge >= 0.3 is 36.8 Å². The molecule has 1 N–H and O–H groups in total. The molecule has 0 radical (unpaired) electrons. The first-order valence-electron chi connectivity index (χ1n) is 9.12. The first kappa shape index (κ1) is 30.6. The SMILES string of the molecule is C=C(C)C(=O)OCC(CCCC)(COC(=O)C(=C)C)C(=O)OCCCS(=O)(=O)O.[H-].[Li+]. The van der Waals surface area contributed by atoms with Gasteiger partial charge in [-0.2, -0.15) is 8.42 Å². The molecule has 0 unspecified atom stereocenters. The Morgan fingerprint density at radius 3 is 1.80 bits per heavy atom. The van der Waals surface area contributed by atoms with Crippen molar-refractivity contribution < 1.29 is 61.9 Å². The normalized spacial score (nSPS) is 11.1. The largest absolute Gasteiger partial charge is 1.00 e. The van der Waals surface area contributed by atoms with Gasteiger partial charge in [0.1, 0.15) is 18.6 Å². The molecule has 9 nitrogen and oxygen atoms in total. The van der Waals surface area contributed by atoms with Crippen LogP contribution in [0.4, 0.5) is 0 Å². The maximum absolute atomic E-state index is 12.8. The van der Waals surface area contributed by atoms with Crippen LogP contribution in [0.3, 0.4) is 0 Å². The summed E-state index contributed by atoms with van der Waals surface area (Å²) in [5.74, 6) is -2.80. The van der Waals surface area contributed by atoms with E-state index in [-0.39, 0.29) is 50.9 Å². The summed E-state index contributed by atoms with van der Waals surface area (Å²) in [7, 11) is -4.18. The number of hydrogen-bond donors (Lipinski definition) is 1. The standard InChI is InChI=1S/C19H30O9S.Li.H/c1-6-7-9-19(12-27-16(20)14(2)3,13-28-17(21)15(4)5)18(22)26-10-8-11-29(23,24)25;;/h2,4,6-13H2,1,3,5H3,(H,23,24,25);;/q;+1;-1. The quantitative estimate of drug-likeness (QED) is 0.0929. The Morgan fingerprint density at radius 1 is 0.967 bits per heavy atom. The number of carbonyl (C=O) groups is 3. The topological polar surface area (TPSA) is 133 Å². The van der Waals surface area contributed by atoms with Gasteiger partial charge in [0.05, 0.1) is 12.4 Å². The van der Waals surface area contributed by atoms with Crippen molar-refractivity contribution in [3.8, 4) is 0 Å². The van der Waals surface area contributed by atoms with E-state index in [4.69, 9.17) is 18.8 Å². The van der Waals surface area contributed by atoms with Gasteiger partial charge < -0.3 is 15.6 Å². The molecule has 0 heterocycles. The summed E-state index contributed by atoms with van der Waals surface area (Å²) in [5, 5.41) is 0. The number of unbranched alkanes of at least 4 members (excludes halogenated alkanes) is 1. The summed E-state index contributed by atoms with van der Waals surface area (Å²) in [5.41, 5.74) is -1.20. The molecule has 0 aromatic rings. The van der Waals surface area contributed by atoms with Gasteiger partial charge in [0.15, 0.2) is 0 Å². The van der Waals surface area contributed by atoms with Gasteiger partial charge in [-0.3, -0.25) is 9.35 Å². The van der Waals surface area contributed by atoms with Crippen molar-refractivity contribution in [2.24, 2.45) is 5.41 Å². The van der Waals surface area contributed by atoms with E-state index in [1.165, 1.54) is 13.8 Å². The van der Waals surface area contributed by atoms with E-state index in [0.717, 1.165) is 0 Å². The van der Waals surface area contributed by atoms with E-state index in [1.54, 1.807) is 0 Å². The van der Waals surface area contributed by atoms with Gasteiger partial charge in [-0.1, -0.05) is 32.9 Å². The molecule has 0 atom stereocenters. The van der Waals surface area contributed by atoms with E-state index in [0.29, 0.717) is 12.8 Å². The molecule has 168 valence electrons. The van der Waals surface area contributed by atoms with E-state index in [2.05, 4.69) is 13.2 Å². The van der Waals surface area contributed by atoms with Crippen molar-refractivity contribution in [2.45, 2.75) is 46.5 Å². The molecule has 0 aliphatic rings. The number of ether oxygens (including phenoxy) is 3. The van der Waals surface area contributed by atoms with Crippen LogP contribution in [-0.4, -0.2) is 56.5 Å². The summed E-state index contributed by atoms with van der Waals surface area (Å²) in [6.07, 6.45) is 1.34. The molecule has 30 heavy (non-hydrogen) atoms. The summed E-state index contributed by atoms with van der Waals surface area (Å²) in [6, 6.07) is 0. The summed E-state index contributed by atoms with van der Waals surface area (Å²) in [6.45, 7) is 10.7. The molecule has 0 rings (SSSR count). The Hall–Kier alpha value is -1.60. The monoisotopic (exact) mass is 442 g/mol. The van der Waals surface area contributed by atoms with Gasteiger partial charge in [0.2, 0.25) is 0 Å².